The molecule has 0 bridgehead atoms. The molecule has 0 radical (unpaired) electrons. The summed E-state index contributed by atoms with van der Waals surface area (Å²) in [6, 6.07) is 10.7. The quantitative estimate of drug-likeness (QED) is 0.773. The van der Waals surface area contributed by atoms with Gasteiger partial charge in [-0.2, -0.15) is 0 Å². The number of aromatic nitrogens is 1. The Morgan fingerprint density at radius 3 is 2.95 bits per heavy atom. The predicted molar refractivity (Wildman–Crippen MR) is 88.1 cm³/mol. The Kier molecular flexibility index (Phi) is 4.18. The van der Waals surface area contributed by atoms with E-state index in [2.05, 4.69) is 46.0 Å². The maximum absolute atomic E-state index is 5.56. The van der Waals surface area contributed by atoms with Crippen molar-refractivity contribution >= 4 is 21.4 Å². The van der Waals surface area contributed by atoms with Crippen LogP contribution < -0.4 is 10.1 Å². The fraction of sp³-hybridized carbons (Fsp3) is 0.235. The van der Waals surface area contributed by atoms with Crippen LogP contribution in [0.4, 0.5) is 0 Å². The van der Waals surface area contributed by atoms with Crippen LogP contribution in [-0.4, -0.2) is 18.6 Å². The van der Waals surface area contributed by atoms with Crippen molar-refractivity contribution in [3.05, 3.63) is 59.2 Å². The Labute approximate surface area is 128 Å². The standard InChI is InChI=1S/C17H18N2OS/c1-3-20-13-8-12(9-19-10-13)17(18-2)15-11-21-16-7-5-4-6-14(15)16/h4-11,17-18H,3H2,1-2H3. The lowest BCUT2D eigenvalue weighted by molar-refractivity contribution is 0.338. The minimum absolute atomic E-state index is 0.119. The summed E-state index contributed by atoms with van der Waals surface area (Å²) in [5.74, 6) is 0.815. The van der Waals surface area contributed by atoms with Crippen molar-refractivity contribution in [3.8, 4) is 5.75 Å². The molecule has 0 aliphatic rings. The maximum atomic E-state index is 5.56. The molecule has 21 heavy (non-hydrogen) atoms. The van der Waals surface area contributed by atoms with E-state index in [-0.39, 0.29) is 6.04 Å². The number of hydrogen-bond donors (Lipinski definition) is 1. The van der Waals surface area contributed by atoms with Crippen molar-refractivity contribution < 1.29 is 4.74 Å². The van der Waals surface area contributed by atoms with Gasteiger partial charge in [0.1, 0.15) is 5.75 Å². The molecule has 2 heterocycles. The molecule has 3 aromatic rings. The van der Waals surface area contributed by atoms with Crippen LogP contribution in [0.15, 0.2) is 48.1 Å². The summed E-state index contributed by atoms with van der Waals surface area (Å²) in [5.41, 5.74) is 2.40. The zero-order valence-electron chi connectivity index (χ0n) is 12.2. The molecule has 3 rings (SSSR count). The first-order valence-electron chi connectivity index (χ1n) is 7.04. The monoisotopic (exact) mass is 298 g/mol. The van der Waals surface area contributed by atoms with Crippen molar-refractivity contribution in [3.63, 3.8) is 0 Å². The fourth-order valence-electron chi connectivity index (χ4n) is 2.56. The number of pyridine rings is 1. The first-order valence-corrected chi connectivity index (χ1v) is 7.92. The van der Waals surface area contributed by atoms with E-state index < -0.39 is 0 Å². The molecule has 1 atom stereocenters. The second-order valence-corrected chi connectivity index (χ2v) is 5.71. The zero-order chi connectivity index (χ0) is 14.7. The van der Waals surface area contributed by atoms with Crippen molar-refractivity contribution in [2.24, 2.45) is 0 Å². The van der Waals surface area contributed by atoms with E-state index in [4.69, 9.17) is 4.74 Å². The minimum Gasteiger partial charge on any atom is -0.492 e. The third kappa shape index (κ3) is 2.77. The molecule has 0 spiro atoms. The second-order valence-electron chi connectivity index (χ2n) is 4.80. The van der Waals surface area contributed by atoms with Gasteiger partial charge in [-0.25, -0.2) is 0 Å². The molecular formula is C17H18N2OS. The normalized spacial score (nSPS) is 12.5. The summed E-state index contributed by atoms with van der Waals surface area (Å²) in [5, 5.41) is 6.91. The van der Waals surface area contributed by atoms with E-state index in [0.29, 0.717) is 6.61 Å². The molecule has 0 aliphatic carbocycles. The number of benzene rings is 1. The van der Waals surface area contributed by atoms with E-state index in [0.717, 1.165) is 11.3 Å². The van der Waals surface area contributed by atoms with Crippen molar-refractivity contribution in [2.45, 2.75) is 13.0 Å². The Morgan fingerprint density at radius 2 is 2.14 bits per heavy atom. The van der Waals surface area contributed by atoms with Crippen LogP contribution in [0.1, 0.15) is 24.1 Å². The molecule has 1 unspecified atom stereocenters. The van der Waals surface area contributed by atoms with E-state index >= 15 is 0 Å². The highest BCUT2D eigenvalue weighted by molar-refractivity contribution is 7.17. The number of ether oxygens (including phenoxy) is 1. The van der Waals surface area contributed by atoms with Gasteiger partial charge in [0.15, 0.2) is 0 Å². The van der Waals surface area contributed by atoms with E-state index in [9.17, 15) is 0 Å². The molecule has 1 aromatic carbocycles. The van der Waals surface area contributed by atoms with Crippen LogP contribution in [0.3, 0.4) is 0 Å². The summed E-state index contributed by atoms with van der Waals surface area (Å²) >= 11 is 1.78. The average Bonchev–Trinajstić information content (AvgIpc) is 2.93. The van der Waals surface area contributed by atoms with Crippen LogP contribution in [0.5, 0.6) is 5.75 Å². The summed E-state index contributed by atoms with van der Waals surface area (Å²) in [4.78, 5) is 4.30. The molecule has 3 nitrogen and oxygen atoms in total. The molecule has 0 aliphatic heterocycles. The molecule has 1 N–H and O–H groups in total. The van der Waals surface area contributed by atoms with E-state index in [1.807, 2.05) is 20.2 Å². The number of thiophene rings is 1. The van der Waals surface area contributed by atoms with Gasteiger partial charge in [0.2, 0.25) is 0 Å². The van der Waals surface area contributed by atoms with Gasteiger partial charge in [-0.15, -0.1) is 11.3 Å². The lowest BCUT2D eigenvalue weighted by atomic mass is 9.99. The highest BCUT2D eigenvalue weighted by Gasteiger charge is 2.17. The van der Waals surface area contributed by atoms with Gasteiger partial charge >= 0.3 is 0 Å². The van der Waals surface area contributed by atoms with Crippen LogP contribution in [-0.2, 0) is 0 Å². The van der Waals surface area contributed by atoms with Crippen LogP contribution in [0.2, 0.25) is 0 Å². The van der Waals surface area contributed by atoms with E-state index in [1.54, 1.807) is 17.5 Å². The molecule has 0 amide bonds. The van der Waals surface area contributed by atoms with Crippen molar-refractivity contribution in [1.29, 1.82) is 0 Å². The third-order valence-electron chi connectivity index (χ3n) is 3.49. The summed E-state index contributed by atoms with van der Waals surface area (Å²) in [6.07, 6.45) is 3.65. The Balaban J connectivity index is 2.03. The van der Waals surface area contributed by atoms with E-state index in [1.165, 1.54) is 15.6 Å². The van der Waals surface area contributed by atoms with Crippen molar-refractivity contribution in [1.82, 2.24) is 10.3 Å². The van der Waals surface area contributed by atoms with Gasteiger partial charge in [0.25, 0.3) is 0 Å². The Morgan fingerprint density at radius 1 is 1.29 bits per heavy atom. The molecule has 108 valence electrons. The Bertz CT molecular complexity index is 738. The number of nitrogens with one attached hydrogen (secondary N) is 1. The van der Waals surface area contributed by atoms with Gasteiger partial charge in [-0.3, -0.25) is 4.98 Å². The van der Waals surface area contributed by atoms with Crippen LogP contribution >= 0.6 is 11.3 Å². The summed E-state index contributed by atoms with van der Waals surface area (Å²) in [6.45, 7) is 2.63. The zero-order valence-corrected chi connectivity index (χ0v) is 13.0. The molecular weight excluding hydrogens is 280 g/mol. The topological polar surface area (TPSA) is 34.1 Å². The Hall–Kier alpha value is -1.91. The number of hydrogen-bond acceptors (Lipinski definition) is 4. The number of fused-ring (bicyclic) bond motifs is 1. The second kappa shape index (κ2) is 6.24. The predicted octanol–water partition coefficient (Wildman–Crippen LogP) is 4.00. The average molecular weight is 298 g/mol. The van der Waals surface area contributed by atoms with Crippen LogP contribution in [0.25, 0.3) is 10.1 Å². The highest BCUT2D eigenvalue weighted by atomic mass is 32.1. The van der Waals surface area contributed by atoms with Crippen LogP contribution in [0, 0.1) is 0 Å². The molecule has 0 fully saturated rings. The first kappa shape index (κ1) is 14.0. The maximum Gasteiger partial charge on any atom is 0.137 e. The number of rotatable bonds is 5. The van der Waals surface area contributed by atoms with Gasteiger partial charge in [-0.1, -0.05) is 18.2 Å². The molecule has 0 saturated heterocycles. The molecule has 0 saturated carbocycles. The molecule has 4 heteroatoms. The largest absolute Gasteiger partial charge is 0.492 e. The lowest BCUT2D eigenvalue weighted by Crippen LogP contribution is -2.17. The smallest absolute Gasteiger partial charge is 0.137 e. The summed E-state index contributed by atoms with van der Waals surface area (Å²) in [7, 11) is 1.98. The lowest BCUT2D eigenvalue weighted by Gasteiger charge is -2.17. The highest BCUT2D eigenvalue weighted by Crippen LogP contribution is 2.33. The fourth-order valence-corrected chi connectivity index (χ4v) is 3.55. The number of nitrogens with zero attached hydrogens (tertiary/aromatic N) is 1. The third-order valence-corrected chi connectivity index (χ3v) is 4.47. The minimum atomic E-state index is 0.119. The van der Waals surface area contributed by atoms with Gasteiger partial charge in [0, 0.05) is 10.9 Å². The van der Waals surface area contributed by atoms with Gasteiger partial charge < -0.3 is 10.1 Å². The van der Waals surface area contributed by atoms with Gasteiger partial charge in [-0.05, 0) is 48.0 Å². The summed E-state index contributed by atoms with van der Waals surface area (Å²) < 4.78 is 6.87. The SMILES string of the molecule is CCOc1cncc(C(NC)c2csc3ccccc23)c1. The van der Waals surface area contributed by atoms with Gasteiger partial charge in [0.05, 0.1) is 18.8 Å². The molecule has 2 aromatic heterocycles. The first-order chi connectivity index (χ1) is 10.3. The van der Waals surface area contributed by atoms with Crippen molar-refractivity contribution in [2.75, 3.05) is 13.7 Å².